The average molecular weight is 266 g/mol. The van der Waals surface area contributed by atoms with Gasteiger partial charge in [0, 0.05) is 31.5 Å². The fraction of sp³-hybridized carbons (Fsp3) is 0.333. The van der Waals surface area contributed by atoms with E-state index < -0.39 is 0 Å². The topological polar surface area (TPSA) is 15.3 Å². The van der Waals surface area contributed by atoms with E-state index in [9.17, 15) is 0 Å². The molecule has 0 fully saturated rings. The summed E-state index contributed by atoms with van der Waals surface area (Å²) in [6.45, 7) is 6.49. The van der Waals surface area contributed by atoms with Gasteiger partial charge in [-0.3, -0.25) is 0 Å². The van der Waals surface area contributed by atoms with Gasteiger partial charge in [0.1, 0.15) is 0 Å². The van der Waals surface area contributed by atoms with Crippen LogP contribution in [0.5, 0.6) is 0 Å². The normalized spacial score (nSPS) is 14.1. The molecule has 20 heavy (non-hydrogen) atoms. The van der Waals surface area contributed by atoms with E-state index in [1.54, 1.807) is 0 Å². The fourth-order valence-electron chi connectivity index (χ4n) is 3.23. The van der Waals surface area contributed by atoms with Gasteiger partial charge in [-0.25, -0.2) is 0 Å². The summed E-state index contributed by atoms with van der Waals surface area (Å²) in [5, 5.41) is 3.29. The van der Waals surface area contributed by atoms with Gasteiger partial charge in [-0.15, -0.1) is 0 Å². The minimum atomic E-state index is 1.02. The van der Waals surface area contributed by atoms with Crippen molar-refractivity contribution in [2.75, 3.05) is 23.8 Å². The lowest BCUT2D eigenvalue weighted by Gasteiger charge is -2.31. The first kappa shape index (κ1) is 13.0. The van der Waals surface area contributed by atoms with Gasteiger partial charge in [-0.1, -0.05) is 24.3 Å². The van der Waals surface area contributed by atoms with Crippen molar-refractivity contribution in [3.63, 3.8) is 0 Å². The first-order valence-electron chi connectivity index (χ1n) is 7.30. The van der Waals surface area contributed by atoms with E-state index in [-0.39, 0.29) is 0 Å². The number of nitrogens with one attached hydrogen (secondary N) is 1. The zero-order chi connectivity index (χ0) is 14.1. The second-order valence-corrected chi connectivity index (χ2v) is 5.64. The molecule has 1 N–H and O–H groups in total. The Kier molecular flexibility index (Phi) is 3.39. The van der Waals surface area contributed by atoms with Crippen LogP contribution in [0, 0.1) is 13.8 Å². The quantitative estimate of drug-likeness (QED) is 0.886. The molecule has 2 heteroatoms. The lowest BCUT2D eigenvalue weighted by molar-refractivity contribution is 0.731. The van der Waals surface area contributed by atoms with Gasteiger partial charge in [-0.05, 0) is 54.7 Å². The Morgan fingerprint density at radius 2 is 1.65 bits per heavy atom. The molecule has 2 aromatic rings. The molecule has 0 saturated heterocycles. The molecule has 0 spiro atoms. The largest absolute Gasteiger partial charge is 0.388 e. The van der Waals surface area contributed by atoms with Crippen LogP contribution in [-0.4, -0.2) is 13.6 Å². The van der Waals surface area contributed by atoms with E-state index in [1.807, 2.05) is 7.05 Å². The Bertz CT molecular complexity index is 608. The molecule has 3 rings (SSSR count). The minimum absolute atomic E-state index is 1.02. The van der Waals surface area contributed by atoms with Crippen molar-refractivity contribution >= 4 is 11.4 Å². The Morgan fingerprint density at radius 3 is 2.30 bits per heavy atom. The second-order valence-electron chi connectivity index (χ2n) is 5.64. The third-order valence-corrected chi connectivity index (χ3v) is 4.26. The van der Waals surface area contributed by atoms with Gasteiger partial charge in [-0.2, -0.15) is 0 Å². The number of benzene rings is 2. The van der Waals surface area contributed by atoms with Gasteiger partial charge < -0.3 is 10.2 Å². The van der Waals surface area contributed by atoms with Crippen molar-refractivity contribution in [1.82, 2.24) is 0 Å². The van der Waals surface area contributed by atoms with Gasteiger partial charge in [0.25, 0.3) is 0 Å². The van der Waals surface area contributed by atoms with E-state index in [4.69, 9.17) is 0 Å². The van der Waals surface area contributed by atoms with E-state index in [0.29, 0.717) is 0 Å². The maximum atomic E-state index is 3.29. The molecule has 1 aliphatic rings. The van der Waals surface area contributed by atoms with Crippen LogP contribution in [0.3, 0.4) is 0 Å². The van der Waals surface area contributed by atoms with E-state index in [0.717, 1.165) is 19.5 Å². The Balaban J connectivity index is 1.92. The highest BCUT2D eigenvalue weighted by Gasteiger charge is 2.17. The Morgan fingerprint density at radius 1 is 1.00 bits per heavy atom. The van der Waals surface area contributed by atoms with E-state index in [2.05, 4.69) is 60.5 Å². The fourth-order valence-corrected chi connectivity index (χ4v) is 3.23. The number of hydrogen-bond donors (Lipinski definition) is 1. The molecule has 0 saturated carbocycles. The zero-order valence-electron chi connectivity index (χ0n) is 12.5. The standard InChI is InChI=1S/C18H22N2/c1-13-10-17(11-14(2)18(13)19-3)20-9-8-15-6-4-5-7-16(15)12-20/h4-7,10-11,19H,8-9,12H2,1-3H3. The summed E-state index contributed by atoms with van der Waals surface area (Å²) in [6.07, 6.45) is 1.14. The molecule has 0 amide bonds. The SMILES string of the molecule is CNc1c(C)cc(N2CCc3ccccc3C2)cc1C. The number of hydrogen-bond acceptors (Lipinski definition) is 2. The minimum Gasteiger partial charge on any atom is -0.388 e. The van der Waals surface area contributed by atoms with Gasteiger partial charge >= 0.3 is 0 Å². The van der Waals surface area contributed by atoms with Crippen molar-refractivity contribution in [3.05, 3.63) is 58.7 Å². The summed E-state index contributed by atoms with van der Waals surface area (Å²) < 4.78 is 0. The van der Waals surface area contributed by atoms with Crippen LogP contribution >= 0.6 is 0 Å². The van der Waals surface area contributed by atoms with E-state index in [1.165, 1.54) is 33.6 Å². The highest BCUT2D eigenvalue weighted by molar-refractivity contribution is 5.65. The molecule has 2 nitrogen and oxygen atoms in total. The predicted octanol–water partition coefficient (Wildman–Crippen LogP) is 3.91. The van der Waals surface area contributed by atoms with Crippen molar-refractivity contribution in [2.24, 2.45) is 0 Å². The summed E-state index contributed by atoms with van der Waals surface area (Å²) in [7, 11) is 1.99. The molecular formula is C18H22N2. The molecule has 0 unspecified atom stereocenters. The summed E-state index contributed by atoms with van der Waals surface area (Å²) in [6, 6.07) is 13.4. The molecule has 1 heterocycles. The lowest BCUT2D eigenvalue weighted by Crippen LogP contribution is -2.30. The summed E-state index contributed by atoms with van der Waals surface area (Å²) >= 11 is 0. The molecule has 0 radical (unpaired) electrons. The first-order valence-corrected chi connectivity index (χ1v) is 7.30. The molecule has 104 valence electrons. The van der Waals surface area contributed by atoms with Crippen LogP contribution in [0.1, 0.15) is 22.3 Å². The van der Waals surface area contributed by atoms with Crippen LogP contribution in [0.15, 0.2) is 36.4 Å². The number of aryl methyl sites for hydroxylation is 2. The maximum absolute atomic E-state index is 3.29. The Hall–Kier alpha value is -1.96. The summed E-state index contributed by atoms with van der Waals surface area (Å²) in [4.78, 5) is 2.49. The van der Waals surface area contributed by atoms with Crippen molar-refractivity contribution in [2.45, 2.75) is 26.8 Å². The monoisotopic (exact) mass is 266 g/mol. The molecular weight excluding hydrogens is 244 g/mol. The van der Waals surface area contributed by atoms with Gasteiger partial charge in [0.2, 0.25) is 0 Å². The van der Waals surface area contributed by atoms with Crippen LogP contribution < -0.4 is 10.2 Å². The third-order valence-electron chi connectivity index (χ3n) is 4.26. The smallest absolute Gasteiger partial charge is 0.0432 e. The zero-order valence-corrected chi connectivity index (χ0v) is 12.5. The number of fused-ring (bicyclic) bond motifs is 1. The summed E-state index contributed by atoms with van der Waals surface area (Å²) in [5.41, 5.74) is 8.21. The molecule has 0 aromatic heterocycles. The van der Waals surface area contributed by atoms with E-state index >= 15 is 0 Å². The lowest BCUT2D eigenvalue weighted by atomic mass is 9.98. The summed E-state index contributed by atoms with van der Waals surface area (Å²) in [5.74, 6) is 0. The average Bonchev–Trinajstić information content (AvgIpc) is 2.46. The Labute approximate surface area is 121 Å². The van der Waals surface area contributed by atoms with Crippen LogP contribution in [0.4, 0.5) is 11.4 Å². The highest BCUT2D eigenvalue weighted by Crippen LogP contribution is 2.30. The highest BCUT2D eigenvalue weighted by atomic mass is 15.1. The number of anilines is 2. The number of rotatable bonds is 2. The maximum Gasteiger partial charge on any atom is 0.0432 e. The van der Waals surface area contributed by atoms with Crippen LogP contribution in [0.25, 0.3) is 0 Å². The molecule has 0 aliphatic carbocycles. The van der Waals surface area contributed by atoms with Crippen molar-refractivity contribution < 1.29 is 0 Å². The van der Waals surface area contributed by atoms with Crippen molar-refractivity contribution in [1.29, 1.82) is 0 Å². The molecule has 1 aliphatic heterocycles. The van der Waals surface area contributed by atoms with Crippen molar-refractivity contribution in [3.8, 4) is 0 Å². The van der Waals surface area contributed by atoms with Crippen LogP contribution in [0.2, 0.25) is 0 Å². The molecule has 0 atom stereocenters. The predicted molar refractivity (Wildman–Crippen MR) is 86.7 cm³/mol. The second kappa shape index (κ2) is 5.20. The molecule has 0 bridgehead atoms. The molecule has 2 aromatic carbocycles. The van der Waals surface area contributed by atoms with Crippen LogP contribution in [-0.2, 0) is 13.0 Å². The first-order chi connectivity index (χ1) is 9.69. The third kappa shape index (κ3) is 2.26. The van der Waals surface area contributed by atoms with Gasteiger partial charge in [0.05, 0.1) is 0 Å². The number of nitrogens with zero attached hydrogens (tertiary/aromatic N) is 1. The van der Waals surface area contributed by atoms with Gasteiger partial charge in [0.15, 0.2) is 0 Å².